The van der Waals surface area contributed by atoms with E-state index in [0.29, 0.717) is 11.5 Å². The van der Waals surface area contributed by atoms with Gasteiger partial charge >= 0.3 is 16.3 Å². The van der Waals surface area contributed by atoms with Gasteiger partial charge in [0.15, 0.2) is 0 Å². The molecule has 9 nitrogen and oxygen atoms in total. The van der Waals surface area contributed by atoms with Crippen molar-refractivity contribution < 1.29 is 22.0 Å². The summed E-state index contributed by atoms with van der Waals surface area (Å²) in [6.45, 7) is 5.06. The molecule has 1 aromatic heterocycles. The third-order valence-corrected chi connectivity index (χ3v) is 3.43. The molecule has 10 heteroatoms. The van der Waals surface area contributed by atoms with Gasteiger partial charge in [0.1, 0.15) is 5.69 Å². The zero-order valence-electron chi connectivity index (χ0n) is 11.4. The fourth-order valence-corrected chi connectivity index (χ4v) is 2.39. The van der Waals surface area contributed by atoms with E-state index in [1.807, 2.05) is 7.05 Å². The van der Waals surface area contributed by atoms with Crippen LogP contribution in [0.3, 0.4) is 0 Å². The van der Waals surface area contributed by atoms with Gasteiger partial charge in [0.2, 0.25) is 5.82 Å². The Morgan fingerprint density at radius 1 is 1.40 bits per heavy atom. The number of nitrogens with two attached hydrogens (primary N) is 1. The fourth-order valence-electron chi connectivity index (χ4n) is 2.01. The van der Waals surface area contributed by atoms with Crippen molar-refractivity contribution in [3.8, 4) is 0 Å². The largest absolute Gasteiger partial charge is 0.476 e. The zero-order chi connectivity index (χ0) is 14.9. The standard InChI is InChI=1S/C10H17N5O4S/c1-8-7-9(14-5-3-13(2)4-6-14)12-10(11)15(8)19-20(16,17)18/h7,11H,3-6H2,1-2H3,(H,16,17,18)/p+1. The summed E-state index contributed by atoms with van der Waals surface area (Å²) in [7, 11) is -2.60. The van der Waals surface area contributed by atoms with Crippen LogP contribution in [0, 0.1) is 6.92 Å². The van der Waals surface area contributed by atoms with Gasteiger partial charge in [0, 0.05) is 32.2 Å². The summed E-state index contributed by atoms with van der Waals surface area (Å²) in [5.74, 6) is 0.514. The summed E-state index contributed by atoms with van der Waals surface area (Å²) in [6.07, 6.45) is 0. The molecule has 0 aromatic carbocycles. The van der Waals surface area contributed by atoms with Crippen LogP contribution in [-0.2, 0) is 10.4 Å². The maximum atomic E-state index is 10.7. The van der Waals surface area contributed by atoms with Gasteiger partial charge in [-0.2, -0.15) is 8.42 Å². The van der Waals surface area contributed by atoms with Gasteiger partial charge in [-0.15, -0.1) is 0 Å². The van der Waals surface area contributed by atoms with E-state index in [0.717, 1.165) is 30.9 Å². The Morgan fingerprint density at radius 2 is 2.00 bits per heavy atom. The number of nitrogen functional groups attached to an aromatic ring is 1. The first-order valence-corrected chi connectivity index (χ1v) is 7.43. The number of rotatable bonds is 3. The van der Waals surface area contributed by atoms with E-state index in [4.69, 9.17) is 10.3 Å². The molecule has 1 aliphatic heterocycles. The van der Waals surface area contributed by atoms with E-state index in [1.54, 1.807) is 13.0 Å². The fraction of sp³-hybridized carbons (Fsp3) is 0.600. The van der Waals surface area contributed by atoms with Gasteiger partial charge < -0.3 is 9.80 Å². The van der Waals surface area contributed by atoms with Gasteiger partial charge in [-0.05, 0) is 18.7 Å². The Hall–Kier alpha value is -1.65. The number of aromatic nitrogens is 2. The van der Waals surface area contributed by atoms with Crippen molar-refractivity contribution in [3.63, 3.8) is 0 Å². The summed E-state index contributed by atoms with van der Waals surface area (Å²) in [5.41, 5.74) is 6.10. The van der Waals surface area contributed by atoms with Crippen LogP contribution in [0.15, 0.2) is 6.07 Å². The van der Waals surface area contributed by atoms with E-state index in [2.05, 4.69) is 19.1 Å². The highest BCUT2D eigenvalue weighted by Crippen LogP contribution is 2.14. The van der Waals surface area contributed by atoms with E-state index in [-0.39, 0.29) is 5.95 Å². The topological polar surface area (TPSA) is 113 Å². The molecule has 3 N–H and O–H groups in total. The summed E-state index contributed by atoms with van der Waals surface area (Å²) >= 11 is 0. The van der Waals surface area contributed by atoms with Crippen LogP contribution in [0.1, 0.15) is 5.69 Å². The highest BCUT2D eigenvalue weighted by Gasteiger charge is 2.24. The van der Waals surface area contributed by atoms with E-state index in [1.165, 1.54) is 0 Å². The summed E-state index contributed by atoms with van der Waals surface area (Å²) in [6, 6.07) is 1.66. The van der Waals surface area contributed by atoms with Crippen molar-refractivity contribution in [1.29, 1.82) is 0 Å². The molecule has 1 saturated heterocycles. The highest BCUT2D eigenvalue weighted by molar-refractivity contribution is 7.80. The lowest BCUT2D eigenvalue weighted by atomic mass is 10.3. The summed E-state index contributed by atoms with van der Waals surface area (Å²) < 4.78 is 35.3. The van der Waals surface area contributed by atoms with Crippen molar-refractivity contribution in [2.24, 2.45) is 0 Å². The van der Waals surface area contributed by atoms with Crippen molar-refractivity contribution in [3.05, 3.63) is 11.8 Å². The molecule has 0 spiro atoms. The molecule has 0 aliphatic carbocycles. The van der Waals surface area contributed by atoms with Gasteiger partial charge in [-0.3, -0.25) is 10.3 Å². The van der Waals surface area contributed by atoms with Crippen LogP contribution in [0.25, 0.3) is 0 Å². The SMILES string of the molecule is Cc1cc(N2CCN(C)CC2)nc(N)[n+]1OS(=O)(=O)O. The minimum atomic E-state index is -4.64. The molecule has 2 heterocycles. The molecule has 1 aliphatic rings. The highest BCUT2D eigenvalue weighted by atomic mass is 32.3. The summed E-state index contributed by atoms with van der Waals surface area (Å²) in [5, 5.41) is 0. The second-order valence-corrected chi connectivity index (χ2v) is 5.71. The van der Waals surface area contributed by atoms with Crippen molar-refractivity contribution in [2.75, 3.05) is 43.9 Å². The van der Waals surface area contributed by atoms with E-state index in [9.17, 15) is 8.42 Å². The molecule has 20 heavy (non-hydrogen) atoms. The lowest BCUT2D eigenvalue weighted by Gasteiger charge is -2.32. The first-order valence-electron chi connectivity index (χ1n) is 6.06. The lowest BCUT2D eigenvalue weighted by molar-refractivity contribution is -0.851. The first kappa shape index (κ1) is 14.8. The smallest absolute Gasteiger partial charge is 0.340 e. The number of hydrogen-bond donors (Lipinski definition) is 2. The molecule has 1 fully saturated rings. The molecular formula is C10H18N5O4S+. The quantitative estimate of drug-likeness (QED) is 0.499. The van der Waals surface area contributed by atoms with E-state index >= 15 is 0 Å². The minimum Gasteiger partial charge on any atom is -0.340 e. The van der Waals surface area contributed by atoms with E-state index < -0.39 is 10.4 Å². The number of likely N-dealkylation sites (N-methyl/N-ethyl adjacent to an activating group) is 1. The molecule has 0 unspecified atom stereocenters. The van der Waals surface area contributed by atoms with Crippen LogP contribution in [0.2, 0.25) is 0 Å². The average molecular weight is 304 g/mol. The third kappa shape index (κ3) is 3.46. The number of hydrogen-bond acceptors (Lipinski definition) is 7. The number of piperazine rings is 1. The Bertz CT molecular complexity index is 575. The third-order valence-electron chi connectivity index (χ3n) is 3.09. The molecular weight excluding hydrogens is 286 g/mol. The minimum absolute atomic E-state index is 0.142. The Labute approximate surface area is 117 Å². The average Bonchev–Trinajstić information content (AvgIpc) is 2.33. The second kappa shape index (κ2) is 5.38. The van der Waals surface area contributed by atoms with Crippen molar-refractivity contribution in [1.82, 2.24) is 9.88 Å². The molecule has 0 saturated carbocycles. The number of nitrogens with zero attached hydrogens (tertiary/aromatic N) is 4. The van der Waals surface area contributed by atoms with Gasteiger partial charge in [-0.1, -0.05) is 4.98 Å². The molecule has 0 radical (unpaired) electrons. The molecule has 0 bridgehead atoms. The monoisotopic (exact) mass is 304 g/mol. The number of anilines is 2. The Balaban J connectivity index is 2.26. The molecule has 112 valence electrons. The normalized spacial score (nSPS) is 17.2. The molecule has 0 atom stereocenters. The van der Waals surface area contributed by atoms with Crippen LogP contribution in [-0.4, -0.2) is 56.1 Å². The Kier molecular flexibility index (Phi) is 3.97. The Morgan fingerprint density at radius 3 is 2.50 bits per heavy atom. The zero-order valence-corrected chi connectivity index (χ0v) is 12.2. The maximum absolute atomic E-state index is 10.7. The predicted octanol–water partition coefficient (Wildman–Crippen LogP) is -1.76. The predicted molar refractivity (Wildman–Crippen MR) is 71.4 cm³/mol. The summed E-state index contributed by atoms with van der Waals surface area (Å²) in [4.78, 5) is 8.38. The van der Waals surface area contributed by atoms with Crippen LogP contribution in [0.4, 0.5) is 11.8 Å². The number of aryl methyl sites for hydroxylation is 1. The van der Waals surface area contributed by atoms with Crippen molar-refractivity contribution >= 4 is 22.2 Å². The van der Waals surface area contributed by atoms with Gasteiger partial charge in [0.05, 0.1) is 0 Å². The second-order valence-electron chi connectivity index (χ2n) is 4.70. The van der Waals surface area contributed by atoms with Crippen molar-refractivity contribution in [2.45, 2.75) is 6.92 Å². The van der Waals surface area contributed by atoms with Crippen LogP contribution < -0.4 is 19.6 Å². The maximum Gasteiger partial charge on any atom is 0.476 e. The molecule has 1 aromatic rings. The van der Waals surface area contributed by atoms with Crippen LogP contribution >= 0.6 is 0 Å². The van der Waals surface area contributed by atoms with Gasteiger partial charge in [-0.25, -0.2) is 4.28 Å². The first-order chi connectivity index (χ1) is 9.26. The lowest BCUT2D eigenvalue weighted by Crippen LogP contribution is -2.51. The van der Waals surface area contributed by atoms with Crippen LogP contribution in [0.5, 0.6) is 0 Å². The molecule has 0 amide bonds. The molecule has 2 rings (SSSR count). The van der Waals surface area contributed by atoms with Gasteiger partial charge in [0.25, 0.3) is 0 Å².